The highest BCUT2D eigenvalue weighted by Crippen LogP contribution is 2.26. The Hall–Kier alpha value is -1.53. The summed E-state index contributed by atoms with van der Waals surface area (Å²) in [5.41, 5.74) is -1.99. The molecule has 0 atom stereocenters. The SMILES string of the molecule is CCCCCCNc1nc(C(F)(F)F)cc(=O)[nH]1. The summed E-state index contributed by atoms with van der Waals surface area (Å²) in [7, 11) is 0. The van der Waals surface area contributed by atoms with Crippen molar-refractivity contribution in [1.82, 2.24) is 9.97 Å². The first-order chi connectivity index (χ1) is 8.43. The molecule has 0 aromatic carbocycles. The summed E-state index contributed by atoms with van der Waals surface area (Å²) in [5, 5.41) is 2.69. The topological polar surface area (TPSA) is 57.8 Å². The molecule has 1 aromatic rings. The van der Waals surface area contributed by atoms with Gasteiger partial charge in [0.2, 0.25) is 5.95 Å². The molecule has 4 nitrogen and oxygen atoms in total. The van der Waals surface area contributed by atoms with Gasteiger partial charge >= 0.3 is 6.18 Å². The second kappa shape index (κ2) is 6.42. The molecule has 0 amide bonds. The number of nitrogens with one attached hydrogen (secondary N) is 2. The number of H-pyrrole nitrogens is 1. The van der Waals surface area contributed by atoms with Gasteiger partial charge in [-0.05, 0) is 6.42 Å². The summed E-state index contributed by atoms with van der Waals surface area (Å²) in [6.45, 7) is 2.56. The van der Waals surface area contributed by atoms with Crippen LogP contribution >= 0.6 is 0 Å². The van der Waals surface area contributed by atoms with Crippen molar-refractivity contribution < 1.29 is 13.2 Å². The Morgan fingerprint density at radius 3 is 2.67 bits per heavy atom. The van der Waals surface area contributed by atoms with Crippen LogP contribution in [0.15, 0.2) is 10.9 Å². The van der Waals surface area contributed by atoms with E-state index in [9.17, 15) is 18.0 Å². The summed E-state index contributed by atoms with van der Waals surface area (Å²) in [4.78, 5) is 16.6. The number of nitrogens with zero attached hydrogens (tertiary/aromatic N) is 1. The van der Waals surface area contributed by atoms with Gasteiger partial charge in [0.05, 0.1) is 0 Å². The summed E-state index contributed by atoms with van der Waals surface area (Å²) in [6.07, 6.45) is -0.625. The third kappa shape index (κ3) is 4.77. The van der Waals surface area contributed by atoms with Gasteiger partial charge < -0.3 is 5.32 Å². The van der Waals surface area contributed by atoms with Crippen molar-refractivity contribution in [2.24, 2.45) is 0 Å². The second-order valence-corrected chi connectivity index (χ2v) is 3.96. The van der Waals surface area contributed by atoms with Gasteiger partial charge in [-0.3, -0.25) is 9.78 Å². The Morgan fingerprint density at radius 2 is 2.06 bits per heavy atom. The molecule has 1 rings (SSSR count). The Labute approximate surface area is 103 Å². The van der Waals surface area contributed by atoms with Gasteiger partial charge in [-0.2, -0.15) is 13.2 Å². The predicted octanol–water partition coefficient (Wildman–Crippen LogP) is 2.78. The minimum absolute atomic E-state index is 0.133. The van der Waals surface area contributed by atoms with Crippen LogP contribution < -0.4 is 10.9 Å². The molecule has 0 spiro atoms. The van der Waals surface area contributed by atoms with E-state index in [1.807, 2.05) is 0 Å². The fraction of sp³-hybridized carbons (Fsp3) is 0.636. The molecular formula is C11H16F3N3O. The maximum Gasteiger partial charge on any atom is 0.433 e. The van der Waals surface area contributed by atoms with Gasteiger partial charge in [-0.1, -0.05) is 26.2 Å². The Kier molecular flexibility index (Phi) is 5.18. The van der Waals surface area contributed by atoms with E-state index in [0.717, 1.165) is 25.7 Å². The molecule has 0 aliphatic carbocycles. The fourth-order valence-electron chi connectivity index (χ4n) is 1.45. The third-order valence-electron chi connectivity index (χ3n) is 2.35. The maximum atomic E-state index is 12.4. The summed E-state index contributed by atoms with van der Waals surface area (Å²) >= 11 is 0. The number of hydrogen-bond donors (Lipinski definition) is 2. The van der Waals surface area contributed by atoms with E-state index in [-0.39, 0.29) is 5.95 Å². The van der Waals surface area contributed by atoms with Crippen LogP contribution in [0.1, 0.15) is 38.3 Å². The average molecular weight is 263 g/mol. The monoisotopic (exact) mass is 263 g/mol. The second-order valence-electron chi connectivity index (χ2n) is 3.96. The molecule has 0 aliphatic heterocycles. The number of halogens is 3. The van der Waals surface area contributed by atoms with E-state index in [1.165, 1.54) is 0 Å². The molecule has 0 fully saturated rings. The zero-order chi connectivity index (χ0) is 13.6. The molecular weight excluding hydrogens is 247 g/mol. The first kappa shape index (κ1) is 14.5. The number of rotatable bonds is 6. The Bertz CT molecular complexity index is 428. The van der Waals surface area contributed by atoms with Gasteiger partial charge in [0.15, 0.2) is 5.69 Å². The lowest BCUT2D eigenvalue weighted by atomic mass is 10.2. The molecule has 0 unspecified atom stereocenters. The summed E-state index contributed by atoms with van der Waals surface area (Å²) in [5.74, 6) is -0.133. The minimum atomic E-state index is -4.60. The quantitative estimate of drug-likeness (QED) is 0.776. The lowest BCUT2D eigenvalue weighted by Crippen LogP contribution is -2.19. The fourth-order valence-corrected chi connectivity index (χ4v) is 1.45. The first-order valence-corrected chi connectivity index (χ1v) is 5.86. The standard InChI is InChI=1S/C11H16F3N3O/c1-2-3-4-5-6-15-10-16-8(11(12,13)14)7-9(18)17-10/h7H,2-6H2,1H3,(H2,15,16,17,18). The molecule has 1 aromatic heterocycles. The van der Waals surface area contributed by atoms with Crippen LogP contribution in [0.25, 0.3) is 0 Å². The number of anilines is 1. The lowest BCUT2D eigenvalue weighted by Gasteiger charge is -2.08. The highest BCUT2D eigenvalue weighted by atomic mass is 19.4. The van der Waals surface area contributed by atoms with Gasteiger partial charge in [0.25, 0.3) is 5.56 Å². The van der Waals surface area contributed by atoms with Crippen LogP contribution in [0.5, 0.6) is 0 Å². The highest BCUT2D eigenvalue weighted by Gasteiger charge is 2.33. The molecule has 1 heterocycles. The van der Waals surface area contributed by atoms with Crippen LogP contribution in [-0.4, -0.2) is 16.5 Å². The summed E-state index contributed by atoms with van der Waals surface area (Å²) in [6, 6.07) is 0.447. The van der Waals surface area contributed by atoms with Crippen molar-refractivity contribution in [3.63, 3.8) is 0 Å². The molecule has 0 saturated heterocycles. The van der Waals surface area contributed by atoms with Crippen molar-refractivity contribution >= 4 is 5.95 Å². The molecule has 102 valence electrons. The largest absolute Gasteiger partial charge is 0.433 e. The molecule has 2 N–H and O–H groups in total. The first-order valence-electron chi connectivity index (χ1n) is 5.86. The maximum absolute atomic E-state index is 12.4. The predicted molar refractivity (Wildman–Crippen MR) is 62.5 cm³/mol. The van der Waals surface area contributed by atoms with Gasteiger partial charge in [-0.15, -0.1) is 0 Å². The van der Waals surface area contributed by atoms with Gasteiger partial charge in [-0.25, -0.2) is 4.98 Å². The number of aromatic amines is 1. The molecule has 0 aliphatic rings. The highest BCUT2D eigenvalue weighted by molar-refractivity contribution is 5.25. The van der Waals surface area contributed by atoms with Gasteiger partial charge in [0, 0.05) is 12.6 Å². The van der Waals surface area contributed by atoms with E-state index in [4.69, 9.17) is 0 Å². The van der Waals surface area contributed by atoms with Crippen LogP contribution in [0.3, 0.4) is 0 Å². The van der Waals surface area contributed by atoms with Crippen LogP contribution in [0, 0.1) is 0 Å². The molecule has 0 bridgehead atoms. The van der Waals surface area contributed by atoms with Crippen molar-refractivity contribution in [3.05, 3.63) is 22.1 Å². The number of aromatic nitrogens is 2. The smallest absolute Gasteiger partial charge is 0.356 e. The van der Waals surface area contributed by atoms with E-state index in [2.05, 4.69) is 22.2 Å². The van der Waals surface area contributed by atoms with E-state index in [1.54, 1.807) is 0 Å². The number of hydrogen-bond acceptors (Lipinski definition) is 3. The molecule has 7 heteroatoms. The zero-order valence-electron chi connectivity index (χ0n) is 10.1. The Balaban J connectivity index is 2.61. The number of unbranched alkanes of at least 4 members (excludes halogenated alkanes) is 3. The van der Waals surface area contributed by atoms with Gasteiger partial charge in [0.1, 0.15) is 0 Å². The van der Waals surface area contributed by atoms with E-state index in [0.29, 0.717) is 12.6 Å². The normalized spacial score (nSPS) is 11.6. The van der Waals surface area contributed by atoms with Crippen molar-refractivity contribution in [2.75, 3.05) is 11.9 Å². The molecule has 18 heavy (non-hydrogen) atoms. The van der Waals surface area contributed by atoms with Crippen molar-refractivity contribution in [2.45, 2.75) is 38.8 Å². The lowest BCUT2D eigenvalue weighted by molar-refractivity contribution is -0.141. The minimum Gasteiger partial charge on any atom is -0.356 e. The summed E-state index contributed by atoms with van der Waals surface area (Å²) < 4.78 is 37.2. The van der Waals surface area contributed by atoms with Crippen LogP contribution in [-0.2, 0) is 6.18 Å². The van der Waals surface area contributed by atoms with E-state index < -0.39 is 17.4 Å². The number of alkyl halides is 3. The van der Waals surface area contributed by atoms with Crippen molar-refractivity contribution in [1.29, 1.82) is 0 Å². The molecule has 0 radical (unpaired) electrons. The Morgan fingerprint density at radius 1 is 1.33 bits per heavy atom. The third-order valence-corrected chi connectivity index (χ3v) is 2.35. The van der Waals surface area contributed by atoms with Crippen LogP contribution in [0.2, 0.25) is 0 Å². The zero-order valence-corrected chi connectivity index (χ0v) is 10.1. The average Bonchev–Trinajstić information content (AvgIpc) is 2.27. The van der Waals surface area contributed by atoms with Crippen molar-refractivity contribution in [3.8, 4) is 0 Å². The van der Waals surface area contributed by atoms with E-state index >= 15 is 0 Å². The molecule has 0 saturated carbocycles. The van der Waals surface area contributed by atoms with Crippen LogP contribution in [0.4, 0.5) is 19.1 Å².